The maximum Gasteiger partial charge on any atom is 0.330 e. The monoisotopic (exact) mass is 1860 g/mol. The fourth-order valence-electron chi connectivity index (χ4n) is 16.4. The Labute approximate surface area is 751 Å². The molecule has 21 N–H and O–H groups in total. The Morgan fingerprint density at radius 3 is 1.95 bits per heavy atom. The number of nitrogens with two attached hydrogens (primary N) is 2. The lowest BCUT2D eigenvalue weighted by molar-refractivity contribution is -0.351. The quantitative estimate of drug-likeness (QED) is 0.0381. The summed E-state index contributed by atoms with van der Waals surface area (Å²) in [6.45, 7) is 5.50. The van der Waals surface area contributed by atoms with Crippen LogP contribution in [0.3, 0.4) is 0 Å². The summed E-state index contributed by atoms with van der Waals surface area (Å²) in [6.07, 6.45) is -29.7. The van der Waals surface area contributed by atoms with Gasteiger partial charge < -0.3 is 137 Å². The largest absolute Gasteiger partial charge is 0.508 e. The van der Waals surface area contributed by atoms with E-state index < -0.39 is 280 Å². The number of benzene rings is 6. The van der Waals surface area contributed by atoms with Crippen molar-refractivity contribution in [3.63, 3.8) is 0 Å². The Bertz CT molecular complexity index is 5280. The average molecular weight is 1860 g/mol. The third-order valence-electron chi connectivity index (χ3n) is 23.0. The first-order chi connectivity index (χ1) is 59.7. The molecule has 9 heterocycles. The molecule has 7 aromatic rings. The van der Waals surface area contributed by atoms with E-state index in [1.165, 1.54) is 56.5 Å². The summed E-state index contributed by atoms with van der Waals surface area (Å²) >= 11 is 28.6. The number of aromatic hydroxyl groups is 3. The van der Waals surface area contributed by atoms with Gasteiger partial charge in [0.1, 0.15) is 102 Å². The van der Waals surface area contributed by atoms with Crippen molar-refractivity contribution in [2.45, 2.75) is 220 Å². The number of rotatable bonds is 20. The molecule has 3 fully saturated rings. The first-order valence-electron chi connectivity index (χ1n) is 40.3. The van der Waals surface area contributed by atoms with Gasteiger partial charge in [-0.05, 0) is 165 Å². The number of carbonyl (C=O) groups excluding carboxylic acids is 7. The van der Waals surface area contributed by atoms with E-state index in [0.29, 0.717) is 22.9 Å². The number of Topliss-reactive ketones (excluding diaryl/α,β-unsaturated/α-hetero) is 2. The summed E-state index contributed by atoms with van der Waals surface area (Å²) in [7, 11) is 1.48. The highest BCUT2D eigenvalue weighted by atomic mass is 35.5. The van der Waals surface area contributed by atoms with Crippen molar-refractivity contribution in [1.82, 2.24) is 26.6 Å². The van der Waals surface area contributed by atoms with E-state index in [1.807, 2.05) is 26.0 Å². The smallest absolute Gasteiger partial charge is 0.330 e. The zero-order valence-electron chi connectivity index (χ0n) is 68.0. The number of ether oxygens (including phenoxy) is 8. The van der Waals surface area contributed by atoms with Gasteiger partial charge in [-0.3, -0.25) is 33.6 Å². The Morgan fingerprint density at radius 2 is 1.32 bits per heavy atom. The van der Waals surface area contributed by atoms with Gasteiger partial charge in [-0.25, -0.2) is 4.79 Å². The van der Waals surface area contributed by atoms with Gasteiger partial charge in [-0.2, -0.15) is 0 Å². The van der Waals surface area contributed by atoms with Crippen LogP contribution in [-0.4, -0.2) is 226 Å². The number of carboxylic acid groups (broad SMARTS) is 1. The predicted octanol–water partition coefficient (Wildman–Crippen LogP) is 6.61. The molecule has 8 aliphatic heterocycles. The van der Waals surface area contributed by atoms with Crippen LogP contribution in [0.1, 0.15) is 143 Å². The molecular formula is C87H99Cl4N7O28S. The van der Waals surface area contributed by atoms with Crippen LogP contribution in [0.5, 0.6) is 46.0 Å². The first kappa shape index (κ1) is 96.6. The first-order valence-corrected chi connectivity index (χ1v) is 42.6. The minimum atomic E-state index is -2.34. The number of carbonyl (C=O) groups is 8. The number of phenols is 3. The summed E-state index contributed by atoms with van der Waals surface area (Å²) < 4.78 is 51.5. The minimum Gasteiger partial charge on any atom is -0.508 e. The molecule has 2 unspecified atom stereocenters. The van der Waals surface area contributed by atoms with Gasteiger partial charge in [0, 0.05) is 73.8 Å². The van der Waals surface area contributed by atoms with Crippen LogP contribution >= 0.6 is 57.7 Å². The van der Waals surface area contributed by atoms with Gasteiger partial charge in [0.2, 0.25) is 41.6 Å². The molecule has 6 aromatic carbocycles. The number of halogens is 4. The molecule has 3 saturated heterocycles. The van der Waals surface area contributed by atoms with Gasteiger partial charge >= 0.3 is 5.97 Å². The summed E-state index contributed by atoms with van der Waals surface area (Å²) in [4.78, 5) is 123. The van der Waals surface area contributed by atoms with E-state index >= 15 is 24.0 Å². The van der Waals surface area contributed by atoms with Crippen molar-refractivity contribution in [3.05, 3.63) is 162 Å². The molecule has 23 atom stereocenters. The highest BCUT2D eigenvalue weighted by molar-refractivity contribution is 7.15. The number of hydrogen-bond donors (Lipinski definition) is 19. The van der Waals surface area contributed by atoms with Crippen molar-refractivity contribution >= 4 is 105 Å². The third kappa shape index (κ3) is 21.4. The summed E-state index contributed by atoms with van der Waals surface area (Å²) in [5.41, 5.74) is 9.26. The molecule has 15 rings (SSSR count). The van der Waals surface area contributed by atoms with E-state index in [0.717, 1.165) is 69.9 Å². The molecule has 0 spiro atoms. The number of nitrogens with one attached hydrogen (secondary N) is 5. The molecule has 684 valence electrons. The van der Waals surface area contributed by atoms with Crippen molar-refractivity contribution < 1.29 is 138 Å². The fraction of sp³-hybridized carbons (Fsp3) is 0.448. The number of amides is 5. The van der Waals surface area contributed by atoms with Crippen LogP contribution < -0.4 is 52.3 Å². The normalized spacial score (nSPS) is 29.5. The summed E-state index contributed by atoms with van der Waals surface area (Å²) in [6, 6.07) is 13.3. The molecule has 40 heteroatoms. The molecule has 1 aromatic heterocycles. The number of aryl methyl sites for hydroxylation is 1. The third-order valence-corrected chi connectivity index (χ3v) is 25.2. The SMILES string of the molecule is C.CN[C@H](CC(C)C)C(=O)NC1C(=O)C[C@H](CC(N)=O)C(=O)N[C@H]2C(=O)C[C@@H]3C(=O)N[C@H](C(=O)N[C@H](C(=O)O)c4cc(O)cc(O)c4-c4cc3ccc4O)[C@H](OC3C[C@](C)(N)[C@@H](O)[C@H](C)O3)c3ccc(c(Cl)c3)Oc3cc2cc(c3O[C@@H]2O[C@H](CO)[C@@H](O[C@@H]3O[C@H](CCCc4ccc(-c5cc(Cl)cc(Cl)c5)s4)[C@H](O)[C@H](O)[C@H]3O)[C@H](O)[C@H]2O)Oc2ccc(cc2Cl)[C@H]1O. The van der Waals surface area contributed by atoms with Crippen LogP contribution in [0.4, 0.5) is 0 Å². The van der Waals surface area contributed by atoms with Crippen LogP contribution in [0.25, 0.3) is 21.6 Å². The Balaban J connectivity index is 0.0000146. The Morgan fingerprint density at radius 1 is 0.677 bits per heavy atom. The number of hydrogen-bond acceptors (Lipinski definition) is 30. The fourth-order valence-corrected chi connectivity index (χ4v) is 18.4. The lowest BCUT2D eigenvalue weighted by Gasteiger charge is -2.46. The number of likely N-dealkylation sites (N-methyl/N-ethyl adjacent to an activating group) is 1. The van der Waals surface area contributed by atoms with Crippen molar-refractivity contribution in [1.29, 1.82) is 0 Å². The Hall–Kier alpha value is -9.46. The zero-order chi connectivity index (χ0) is 91.1. The molecule has 0 saturated carbocycles. The number of aliphatic hydroxyl groups excluding tert-OH is 8. The van der Waals surface area contributed by atoms with Gasteiger partial charge in [0.05, 0.1) is 52.8 Å². The molecule has 127 heavy (non-hydrogen) atoms. The predicted molar refractivity (Wildman–Crippen MR) is 457 cm³/mol. The number of primary amides is 1. The molecule has 5 amide bonds. The average Bonchev–Trinajstić information content (AvgIpc) is 0.967. The lowest BCUT2D eigenvalue weighted by Crippen LogP contribution is -2.64. The highest BCUT2D eigenvalue weighted by Gasteiger charge is 2.53. The van der Waals surface area contributed by atoms with Gasteiger partial charge in [-0.1, -0.05) is 85.9 Å². The van der Waals surface area contributed by atoms with E-state index in [-0.39, 0.29) is 60.1 Å². The molecule has 35 nitrogen and oxygen atoms in total. The topological polar surface area (TPSA) is 565 Å². The second-order valence-corrected chi connectivity index (χ2v) is 35.6. The zero-order valence-corrected chi connectivity index (χ0v) is 71.8. The molecule has 0 radical (unpaired) electrons. The number of aliphatic hydroxyl groups is 8. The number of thiophene rings is 1. The van der Waals surface area contributed by atoms with Gasteiger partial charge in [-0.15, -0.1) is 11.3 Å². The van der Waals surface area contributed by atoms with Gasteiger partial charge in [0.15, 0.2) is 41.7 Å². The number of ketones is 2. The maximum atomic E-state index is 16.6. The Kier molecular flexibility index (Phi) is 30.6. The highest BCUT2D eigenvalue weighted by Crippen LogP contribution is 2.51. The number of aliphatic carboxylic acids is 1. The van der Waals surface area contributed by atoms with Crippen LogP contribution in [0, 0.1) is 11.8 Å². The van der Waals surface area contributed by atoms with E-state index in [1.54, 1.807) is 18.2 Å². The second-order valence-electron chi connectivity index (χ2n) is 32.7. The van der Waals surface area contributed by atoms with Crippen LogP contribution in [0.2, 0.25) is 20.1 Å². The molecule has 11 bridgehead atoms. The van der Waals surface area contributed by atoms with E-state index in [2.05, 4.69) is 26.6 Å². The van der Waals surface area contributed by atoms with Crippen LogP contribution in [-0.2, 0) is 68.5 Å². The standard InChI is InChI=1S/C86H95Cl4N7O28S.CH4/c1-33(2)17-50(93-5)81(114)96-67-53(102)23-40(26-62(91)104)79(112)94-65-39-24-58(119-55-14-10-36(69(67)105)21-48(55)89)76(124-85-74(110)72(108)77(60(32-98)122-85)125-84-73(109)71(107)70(106)57(121-84)8-6-7-44-12-16-61(126-44)38-18-41(87)27-42(88)19-38)59(25-39)120-56-15-11-37(22-49(56)90)75(123-63-31-86(4,92)78(111)34(3)118-63)68-82(115)95-66(83(116)117)47-28-43(99)29-52(101)64(47)46-20-35(9-13-51(46)100)45(30-54(65)103)80(113)97-68;/h9-16,18-22,24-25,27-29,33-34,40,45,50,57,60,63,65-75,77-78,84-85,93,98-101,105-111H,6-8,17,23,26,30-32,92H2,1-5H3,(H2,91,104)(H,94,112)(H,95,115)(H,96,114)(H,97,113)(H,116,117);1H4/t34-,40+,45-,50+,57+,60+,63?,65+,66-,67?,68-,69+,70-,71-,72+,73+,74+,75+,77+,78-,84-,85-,86-;/m0./s1. The molecule has 0 aliphatic carbocycles. The second kappa shape index (κ2) is 40.3. The summed E-state index contributed by atoms with van der Waals surface area (Å²) in [5, 5.41) is 153. The van der Waals surface area contributed by atoms with Crippen molar-refractivity contribution in [2.75, 3.05) is 13.7 Å². The van der Waals surface area contributed by atoms with Crippen molar-refractivity contribution in [2.24, 2.45) is 23.3 Å². The van der Waals surface area contributed by atoms with E-state index in [9.17, 15) is 75.7 Å². The summed E-state index contributed by atoms with van der Waals surface area (Å²) in [5.74, 6) is -19.3. The van der Waals surface area contributed by atoms with Crippen molar-refractivity contribution in [3.8, 4) is 67.6 Å². The van der Waals surface area contributed by atoms with Gasteiger partial charge in [0.25, 0.3) is 0 Å². The minimum absolute atomic E-state index is 0. The van der Waals surface area contributed by atoms with E-state index in [4.69, 9.17) is 95.8 Å². The molecular weight excluding hydrogens is 1760 g/mol. The lowest BCUT2D eigenvalue weighted by atomic mass is 9.84. The van der Waals surface area contributed by atoms with Crippen LogP contribution in [0.15, 0.2) is 109 Å². The number of carboxylic acids is 1. The number of phenolic OH excluding ortho intramolecular Hbond substituents is 3. The maximum absolute atomic E-state index is 16.6. The number of fused-ring (bicyclic) bond motifs is 15. The molecule has 8 aliphatic rings.